The Labute approximate surface area is 118 Å². The van der Waals surface area contributed by atoms with Gasteiger partial charge in [-0.05, 0) is 39.2 Å². The normalized spacial score (nSPS) is 13.7. The summed E-state index contributed by atoms with van der Waals surface area (Å²) >= 11 is 0. The first kappa shape index (κ1) is 16.2. The van der Waals surface area contributed by atoms with Gasteiger partial charge in [0.15, 0.2) is 0 Å². The molecule has 0 aliphatic heterocycles. The molecule has 3 nitrogen and oxygen atoms in total. The van der Waals surface area contributed by atoms with Gasteiger partial charge in [-0.3, -0.25) is 4.68 Å². The van der Waals surface area contributed by atoms with Crippen LogP contribution in [0.1, 0.15) is 66.0 Å². The smallest absolute Gasteiger partial charge is 0.0762 e. The van der Waals surface area contributed by atoms with E-state index in [2.05, 4.69) is 62.0 Å². The third-order valence-corrected chi connectivity index (χ3v) is 3.48. The van der Waals surface area contributed by atoms with E-state index in [-0.39, 0.29) is 5.54 Å². The first-order chi connectivity index (χ1) is 8.94. The highest BCUT2D eigenvalue weighted by molar-refractivity contribution is 4.99. The molecule has 0 amide bonds. The van der Waals surface area contributed by atoms with E-state index in [0.717, 1.165) is 24.7 Å². The summed E-state index contributed by atoms with van der Waals surface area (Å²) in [6.07, 6.45) is 7.31. The van der Waals surface area contributed by atoms with E-state index in [4.69, 9.17) is 0 Å². The molecule has 0 saturated heterocycles. The van der Waals surface area contributed by atoms with Crippen molar-refractivity contribution in [3.63, 3.8) is 0 Å². The Morgan fingerprint density at radius 1 is 1.32 bits per heavy atom. The Morgan fingerprint density at radius 2 is 2.05 bits per heavy atom. The first-order valence-electron chi connectivity index (χ1n) is 7.72. The average molecular weight is 265 g/mol. The topological polar surface area (TPSA) is 29.9 Å². The number of nitrogens with one attached hydrogen (secondary N) is 1. The second-order valence-electron chi connectivity index (χ2n) is 6.55. The van der Waals surface area contributed by atoms with Crippen molar-refractivity contribution in [2.45, 2.75) is 78.9 Å². The number of hydrogen-bond acceptors (Lipinski definition) is 2. The predicted molar refractivity (Wildman–Crippen MR) is 82.1 cm³/mol. The highest BCUT2D eigenvalue weighted by Crippen LogP contribution is 2.15. The van der Waals surface area contributed by atoms with Gasteiger partial charge >= 0.3 is 0 Å². The van der Waals surface area contributed by atoms with Crippen molar-refractivity contribution in [3.8, 4) is 0 Å². The monoisotopic (exact) mass is 265 g/mol. The first-order valence-corrected chi connectivity index (χ1v) is 7.72. The molecule has 0 aliphatic carbocycles. The predicted octanol–water partition coefficient (Wildman–Crippen LogP) is 3.99. The van der Waals surface area contributed by atoms with Crippen LogP contribution < -0.4 is 5.32 Å². The van der Waals surface area contributed by atoms with Gasteiger partial charge in [-0.2, -0.15) is 5.10 Å². The molecule has 19 heavy (non-hydrogen) atoms. The third kappa shape index (κ3) is 6.76. The molecule has 1 atom stereocenters. The van der Waals surface area contributed by atoms with Crippen molar-refractivity contribution >= 4 is 0 Å². The molecule has 1 unspecified atom stereocenters. The number of nitrogens with zero attached hydrogens (tertiary/aromatic N) is 2. The van der Waals surface area contributed by atoms with Crippen LogP contribution in [-0.4, -0.2) is 15.3 Å². The molecule has 1 aromatic heterocycles. The lowest BCUT2D eigenvalue weighted by Crippen LogP contribution is -2.35. The summed E-state index contributed by atoms with van der Waals surface area (Å²) in [7, 11) is 0. The highest BCUT2D eigenvalue weighted by atomic mass is 15.3. The molecule has 0 spiro atoms. The summed E-state index contributed by atoms with van der Waals surface area (Å²) < 4.78 is 2.11. The molecule has 1 rings (SSSR count). The van der Waals surface area contributed by atoms with Gasteiger partial charge in [0.1, 0.15) is 0 Å². The average Bonchev–Trinajstić information content (AvgIpc) is 2.79. The Morgan fingerprint density at radius 3 is 2.63 bits per heavy atom. The van der Waals surface area contributed by atoms with Gasteiger partial charge in [-0.15, -0.1) is 0 Å². The van der Waals surface area contributed by atoms with Gasteiger partial charge in [0.25, 0.3) is 0 Å². The zero-order valence-electron chi connectivity index (χ0n) is 13.4. The van der Waals surface area contributed by atoms with E-state index in [0.29, 0.717) is 0 Å². The molecule has 1 heterocycles. The van der Waals surface area contributed by atoms with Crippen molar-refractivity contribution in [1.82, 2.24) is 15.1 Å². The van der Waals surface area contributed by atoms with Crippen LogP contribution >= 0.6 is 0 Å². The van der Waals surface area contributed by atoms with Crippen LogP contribution in [0.4, 0.5) is 0 Å². The SMILES string of the molecule is CCCCC(CC)Cn1ccc(CNC(C)(C)C)n1. The lowest BCUT2D eigenvalue weighted by atomic mass is 10.00. The van der Waals surface area contributed by atoms with E-state index in [1.807, 2.05) is 0 Å². The van der Waals surface area contributed by atoms with Gasteiger partial charge in [0.05, 0.1) is 5.69 Å². The minimum atomic E-state index is 0.150. The summed E-state index contributed by atoms with van der Waals surface area (Å²) in [5.74, 6) is 0.767. The molecule has 0 aromatic carbocycles. The van der Waals surface area contributed by atoms with Crippen molar-refractivity contribution < 1.29 is 0 Å². The zero-order chi connectivity index (χ0) is 14.3. The maximum Gasteiger partial charge on any atom is 0.0762 e. The van der Waals surface area contributed by atoms with E-state index in [1.165, 1.54) is 25.7 Å². The third-order valence-electron chi connectivity index (χ3n) is 3.48. The summed E-state index contributed by atoms with van der Waals surface area (Å²) in [4.78, 5) is 0. The molecule has 0 aliphatic rings. The summed E-state index contributed by atoms with van der Waals surface area (Å²) in [6.45, 7) is 13.0. The molecule has 0 bridgehead atoms. The van der Waals surface area contributed by atoms with Crippen molar-refractivity contribution in [1.29, 1.82) is 0 Å². The van der Waals surface area contributed by atoms with Crippen molar-refractivity contribution in [2.75, 3.05) is 0 Å². The summed E-state index contributed by atoms with van der Waals surface area (Å²) in [6, 6.07) is 2.13. The lowest BCUT2D eigenvalue weighted by molar-refractivity contribution is 0.368. The maximum absolute atomic E-state index is 4.66. The van der Waals surface area contributed by atoms with E-state index in [9.17, 15) is 0 Å². The maximum atomic E-state index is 4.66. The zero-order valence-corrected chi connectivity index (χ0v) is 13.4. The van der Waals surface area contributed by atoms with Crippen LogP contribution in [-0.2, 0) is 13.1 Å². The largest absolute Gasteiger partial charge is 0.306 e. The molecular formula is C16H31N3. The Bertz CT molecular complexity index is 349. The van der Waals surface area contributed by atoms with E-state index < -0.39 is 0 Å². The van der Waals surface area contributed by atoms with Crippen LogP contribution in [0.15, 0.2) is 12.3 Å². The summed E-state index contributed by atoms with van der Waals surface area (Å²) in [5.41, 5.74) is 1.29. The minimum absolute atomic E-state index is 0.150. The van der Waals surface area contributed by atoms with Crippen molar-refractivity contribution in [2.24, 2.45) is 5.92 Å². The second kappa shape index (κ2) is 7.68. The van der Waals surface area contributed by atoms with Crippen LogP contribution in [0.25, 0.3) is 0 Å². The molecule has 0 saturated carbocycles. The fraction of sp³-hybridized carbons (Fsp3) is 0.812. The van der Waals surface area contributed by atoms with Gasteiger partial charge in [-0.25, -0.2) is 0 Å². The molecule has 3 heteroatoms. The molecule has 110 valence electrons. The van der Waals surface area contributed by atoms with E-state index >= 15 is 0 Å². The second-order valence-corrected chi connectivity index (χ2v) is 6.55. The Kier molecular flexibility index (Phi) is 6.56. The standard InChI is InChI=1S/C16H31N3/c1-6-8-9-14(7-2)13-19-11-10-15(18-19)12-17-16(3,4)5/h10-11,14,17H,6-9,12-13H2,1-5H3. The molecular weight excluding hydrogens is 234 g/mol. The minimum Gasteiger partial charge on any atom is -0.306 e. The molecule has 0 radical (unpaired) electrons. The molecule has 0 fully saturated rings. The number of unbranched alkanes of at least 4 members (excludes halogenated alkanes) is 1. The van der Waals surface area contributed by atoms with Gasteiger partial charge in [0.2, 0.25) is 0 Å². The number of rotatable bonds is 8. The number of aromatic nitrogens is 2. The molecule has 1 aromatic rings. The van der Waals surface area contributed by atoms with Crippen LogP contribution in [0.5, 0.6) is 0 Å². The van der Waals surface area contributed by atoms with Gasteiger partial charge in [0, 0.05) is 24.8 Å². The molecule has 1 N–H and O–H groups in total. The van der Waals surface area contributed by atoms with Crippen LogP contribution in [0.3, 0.4) is 0 Å². The summed E-state index contributed by atoms with van der Waals surface area (Å²) in [5, 5.41) is 8.14. The number of hydrogen-bond donors (Lipinski definition) is 1. The fourth-order valence-electron chi connectivity index (χ4n) is 2.14. The van der Waals surface area contributed by atoms with Crippen LogP contribution in [0, 0.1) is 5.92 Å². The lowest BCUT2D eigenvalue weighted by Gasteiger charge is -2.19. The highest BCUT2D eigenvalue weighted by Gasteiger charge is 2.11. The quantitative estimate of drug-likeness (QED) is 0.770. The fourth-order valence-corrected chi connectivity index (χ4v) is 2.14. The van der Waals surface area contributed by atoms with Gasteiger partial charge in [-0.1, -0.05) is 33.1 Å². The van der Waals surface area contributed by atoms with Crippen LogP contribution in [0.2, 0.25) is 0 Å². The van der Waals surface area contributed by atoms with Gasteiger partial charge < -0.3 is 5.32 Å². The van der Waals surface area contributed by atoms with Crippen molar-refractivity contribution in [3.05, 3.63) is 18.0 Å². The van der Waals surface area contributed by atoms with E-state index in [1.54, 1.807) is 0 Å². The Hall–Kier alpha value is -0.830. The Balaban J connectivity index is 2.45.